The summed E-state index contributed by atoms with van der Waals surface area (Å²) in [5.41, 5.74) is -0.337. The number of nitrogens with zero attached hydrogens (tertiary/aromatic N) is 2. The predicted molar refractivity (Wildman–Crippen MR) is 110 cm³/mol. The third-order valence-corrected chi connectivity index (χ3v) is 6.29. The molecule has 0 saturated carbocycles. The normalized spacial score (nSPS) is 24.2. The number of benzene rings is 1. The molecule has 0 radical (unpaired) electrons. The summed E-state index contributed by atoms with van der Waals surface area (Å²) in [6, 6.07) is 4.51. The van der Waals surface area contributed by atoms with E-state index in [2.05, 4.69) is 0 Å². The molecule has 2 heterocycles. The number of carbonyl (C=O) groups is 3. The zero-order valence-electron chi connectivity index (χ0n) is 18.4. The number of esters is 1. The van der Waals surface area contributed by atoms with E-state index in [0.717, 1.165) is 12.1 Å². The smallest absolute Gasteiger partial charge is 0.416 e. The monoisotopic (exact) mass is 454 g/mol. The minimum Gasteiger partial charge on any atom is -0.466 e. The number of halogens is 3. The summed E-state index contributed by atoms with van der Waals surface area (Å²) in [4.78, 5) is 40.8. The summed E-state index contributed by atoms with van der Waals surface area (Å²) in [5, 5.41) is 0. The highest BCUT2D eigenvalue weighted by molar-refractivity contribution is 5.82. The van der Waals surface area contributed by atoms with Crippen molar-refractivity contribution in [3.8, 4) is 0 Å². The number of amides is 2. The van der Waals surface area contributed by atoms with E-state index in [0.29, 0.717) is 44.3 Å². The summed E-state index contributed by atoms with van der Waals surface area (Å²) >= 11 is 0. The molecule has 1 aromatic rings. The zero-order chi connectivity index (χ0) is 23.5. The molecule has 0 aliphatic carbocycles. The minimum atomic E-state index is -4.46. The Bertz CT molecular complexity index is 858. The van der Waals surface area contributed by atoms with E-state index < -0.39 is 23.7 Å². The lowest BCUT2D eigenvalue weighted by atomic mass is 9.86. The predicted octanol–water partition coefficient (Wildman–Crippen LogP) is 3.81. The van der Waals surface area contributed by atoms with E-state index in [9.17, 15) is 27.6 Å². The summed E-state index contributed by atoms with van der Waals surface area (Å²) in [6.07, 6.45) is -2.24. The van der Waals surface area contributed by atoms with Crippen LogP contribution in [0.5, 0.6) is 0 Å². The average molecular weight is 454 g/mol. The molecule has 0 bridgehead atoms. The fourth-order valence-electron chi connectivity index (χ4n) is 4.68. The molecular formula is C23H29F3N2O4. The molecule has 2 saturated heterocycles. The molecule has 3 atom stereocenters. The Balaban J connectivity index is 1.72. The second-order valence-electron chi connectivity index (χ2n) is 8.46. The van der Waals surface area contributed by atoms with Crippen molar-refractivity contribution in [2.45, 2.75) is 51.7 Å². The van der Waals surface area contributed by atoms with Crippen LogP contribution in [-0.2, 0) is 25.3 Å². The van der Waals surface area contributed by atoms with E-state index in [4.69, 9.17) is 4.74 Å². The highest BCUT2D eigenvalue weighted by atomic mass is 19.4. The molecule has 176 valence electrons. The third-order valence-electron chi connectivity index (χ3n) is 6.29. The standard InChI is InChI=1S/C23H29F3N2O4/c1-3-32-22(31)18-7-5-11-27(13-18)21(30)17-9-10-20(28(14-17)15(2)29)16-6-4-8-19(12-16)23(24,25)26/h4,6,8,12,17-18,20H,3,5,7,9-11,13-14H2,1-2H3/t17-,18+,20-/m0/s1. The minimum absolute atomic E-state index is 0.118. The summed E-state index contributed by atoms with van der Waals surface area (Å²) in [7, 11) is 0. The van der Waals surface area contributed by atoms with Crippen molar-refractivity contribution in [1.82, 2.24) is 9.80 Å². The molecule has 3 rings (SSSR count). The van der Waals surface area contributed by atoms with Gasteiger partial charge < -0.3 is 14.5 Å². The quantitative estimate of drug-likeness (QED) is 0.649. The first kappa shape index (κ1) is 24.1. The van der Waals surface area contributed by atoms with Gasteiger partial charge in [-0.25, -0.2) is 0 Å². The molecule has 2 aliphatic rings. The van der Waals surface area contributed by atoms with Crippen LogP contribution in [0.2, 0.25) is 0 Å². The Morgan fingerprint density at radius 1 is 1.09 bits per heavy atom. The number of rotatable bonds is 4. The summed E-state index contributed by atoms with van der Waals surface area (Å²) in [5.74, 6) is -1.50. The topological polar surface area (TPSA) is 66.9 Å². The largest absolute Gasteiger partial charge is 0.466 e. The van der Waals surface area contributed by atoms with Crippen molar-refractivity contribution in [3.63, 3.8) is 0 Å². The van der Waals surface area contributed by atoms with Gasteiger partial charge in [0.25, 0.3) is 0 Å². The first-order valence-corrected chi connectivity index (χ1v) is 11.0. The van der Waals surface area contributed by atoms with Crippen molar-refractivity contribution in [3.05, 3.63) is 35.4 Å². The maximum absolute atomic E-state index is 13.2. The van der Waals surface area contributed by atoms with Crippen LogP contribution >= 0.6 is 0 Å². The highest BCUT2D eigenvalue weighted by Gasteiger charge is 2.39. The molecular weight excluding hydrogens is 425 g/mol. The number of likely N-dealkylation sites (tertiary alicyclic amines) is 2. The average Bonchev–Trinajstić information content (AvgIpc) is 2.78. The molecule has 32 heavy (non-hydrogen) atoms. The summed E-state index contributed by atoms with van der Waals surface area (Å²) in [6.45, 7) is 4.38. The summed E-state index contributed by atoms with van der Waals surface area (Å²) < 4.78 is 44.5. The van der Waals surface area contributed by atoms with Gasteiger partial charge in [-0.15, -0.1) is 0 Å². The van der Waals surface area contributed by atoms with Gasteiger partial charge >= 0.3 is 12.1 Å². The number of hydrogen-bond acceptors (Lipinski definition) is 4. The fourth-order valence-corrected chi connectivity index (χ4v) is 4.68. The highest BCUT2D eigenvalue weighted by Crippen LogP contribution is 2.37. The van der Waals surface area contributed by atoms with Gasteiger partial charge in [0.15, 0.2) is 0 Å². The number of ether oxygens (including phenoxy) is 1. The molecule has 0 aromatic heterocycles. The van der Waals surface area contributed by atoms with Gasteiger partial charge in [0.2, 0.25) is 11.8 Å². The lowest BCUT2D eigenvalue weighted by molar-refractivity contribution is -0.152. The molecule has 1 aromatic carbocycles. The van der Waals surface area contributed by atoms with Crippen molar-refractivity contribution < 1.29 is 32.3 Å². The molecule has 6 nitrogen and oxygen atoms in total. The first-order chi connectivity index (χ1) is 15.1. The Kier molecular flexibility index (Phi) is 7.46. The van der Waals surface area contributed by atoms with Gasteiger partial charge in [-0.3, -0.25) is 14.4 Å². The Hall–Kier alpha value is -2.58. The van der Waals surface area contributed by atoms with E-state index in [1.54, 1.807) is 17.9 Å². The number of piperidine rings is 2. The Morgan fingerprint density at radius 3 is 2.50 bits per heavy atom. The second kappa shape index (κ2) is 9.92. The Labute approximate surface area is 185 Å². The lowest BCUT2D eigenvalue weighted by Gasteiger charge is -2.41. The molecule has 2 fully saturated rings. The van der Waals surface area contributed by atoms with Crippen molar-refractivity contribution in [1.29, 1.82) is 0 Å². The van der Waals surface area contributed by atoms with Crippen molar-refractivity contribution >= 4 is 17.8 Å². The van der Waals surface area contributed by atoms with Crippen LogP contribution in [0.25, 0.3) is 0 Å². The van der Waals surface area contributed by atoms with Crippen LogP contribution in [0, 0.1) is 11.8 Å². The van der Waals surface area contributed by atoms with E-state index >= 15 is 0 Å². The van der Waals surface area contributed by atoms with Gasteiger partial charge in [0.1, 0.15) is 0 Å². The van der Waals surface area contributed by atoms with Crippen LogP contribution in [-0.4, -0.2) is 53.8 Å². The van der Waals surface area contributed by atoms with Crippen LogP contribution in [0.1, 0.15) is 56.7 Å². The van der Waals surface area contributed by atoms with E-state index in [1.165, 1.54) is 17.9 Å². The number of carbonyl (C=O) groups excluding carboxylic acids is 3. The lowest BCUT2D eigenvalue weighted by Crippen LogP contribution is -2.50. The first-order valence-electron chi connectivity index (χ1n) is 11.0. The van der Waals surface area contributed by atoms with Gasteiger partial charge in [-0.05, 0) is 50.3 Å². The van der Waals surface area contributed by atoms with Crippen molar-refractivity contribution in [2.24, 2.45) is 11.8 Å². The van der Waals surface area contributed by atoms with Crippen LogP contribution < -0.4 is 0 Å². The number of hydrogen-bond donors (Lipinski definition) is 0. The second-order valence-corrected chi connectivity index (χ2v) is 8.46. The van der Waals surface area contributed by atoms with E-state index in [1.807, 2.05) is 0 Å². The molecule has 9 heteroatoms. The zero-order valence-corrected chi connectivity index (χ0v) is 18.4. The van der Waals surface area contributed by atoms with E-state index in [-0.39, 0.29) is 36.9 Å². The third kappa shape index (κ3) is 5.42. The van der Waals surface area contributed by atoms with Crippen LogP contribution in [0.3, 0.4) is 0 Å². The molecule has 0 spiro atoms. The van der Waals surface area contributed by atoms with Crippen LogP contribution in [0.4, 0.5) is 13.2 Å². The molecule has 2 amide bonds. The SMILES string of the molecule is CCOC(=O)[C@@H]1CCCN(C(=O)[C@H]2CC[C@@H](c3cccc(C(F)(F)F)c3)N(C(C)=O)C2)C1. The van der Waals surface area contributed by atoms with Gasteiger partial charge in [-0.1, -0.05) is 12.1 Å². The molecule has 0 unspecified atom stereocenters. The van der Waals surface area contributed by atoms with Crippen LogP contribution in [0.15, 0.2) is 24.3 Å². The fraction of sp³-hybridized carbons (Fsp3) is 0.609. The maximum Gasteiger partial charge on any atom is 0.416 e. The maximum atomic E-state index is 13.2. The van der Waals surface area contributed by atoms with Crippen molar-refractivity contribution in [2.75, 3.05) is 26.2 Å². The van der Waals surface area contributed by atoms with Gasteiger partial charge in [0, 0.05) is 26.6 Å². The molecule has 0 N–H and O–H groups in total. The van der Waals surface area contributed by atoms with Gasteiger partial charge in [0.05, 0.1) is 30.0 Å². The van der Waals surface area contributed by atoms with Gasteiger partial charge in [-0.2, -0.15) is 13.2 Å². The molecule has 2 aliphatic heterocycles. The number of alkyl halides is 3. The Morgan fingerprint density at radius 2 is 1.84 bits per heavy atom.